The highest BCUT2D eigenvalue weighted by Crippen LogP contribution is 2.34. The SMILES string of the molecule is CC(C)Nc1ncc(C(=O)N2CCCC(Nc3ccc4c(c3)OCO4)C2)cn1. The molecule has 2 N–H and O–H groups in total. The highest BCUT2D eigenvalue weighted by atomic mass is 16.7. The van der Waals surface area contributed by atoms with E-state index in [0.717, 1.165) is 36.6 Å². The van der Waals surface area contributed by atoms with E-state index in [2.05, 4.69) is 20.6 Å². The van der Waals surface area contributed by atoms with Gasteiger partial charge < -0.3 is 25.0 Å². The number of benzene rings is 1. The number of nitrogens with one attached hydrogen (secondary N) is 2. The van der Waals surface area contributed by atoms with Crippen LogP contribution in [0.3, 0.4) is 0 Å². The molecule has 1 unspecified atom stereocenters. The van der Waals surface area contributed by atoms with Crippen LogP contribution in [0, 0.1) is 0 Å². The Labute approximate surface area is 164 Å². The van der Waals surface area contributed by atoms with E-state index in [-0.39, 0.29) is 24.8 Å². The summed E-state index contributed by atoms with van der Waals surface area (Å²) in [7, 11) is 0. The topological polar surface area (TPSA) is 88.6 Å². The van der Waals surface area contributed by atoms with Gasteiger partial charge in [-0.15, -0.1) is 0 Å². The molecule has 28 heavy (non-hydrogen) atoms. The van der Waals surface area contributed by atoms with Crippen LogP contribution in [0.1, 0.15) is 37.0 Å². The Balaban J connectivity index is 1.38. The van der Waals surface area contributed by atoms with Crippen LogP contribution in [0.5, 0.6) is 11.5 Å². The van der Waals surface area contributed by atoms with Crippen molar-refractivity contribution in [1.29, 1.82) is 0 Å². The minimum Gasteiger partial charge on any atom is -0.454 e. The lowest BCUT2D eigenvalue weighted by molar-refractivity contribution is 0.0714. The molecule has 1 saturated heterocycles. The number of anilines is 2. The zero-order valence-electron chi connectivity index (χ0n) is 16.1. The van der Waals surface area contributed by atoms with E-state index in [1.165, 1.54) is 0 Å². The fraction of sp³-hybridized carbons (Fsp3) is 0.450. The van der Waals surface area contributed by atoms with Gasteiger partial charge in [-0.1, -0.05) is 0 Å². The van der Waals surface area contributed by atoms with Crippen molar-refractivity contribution in [3.8, 4) is 11.5 Å². The lowest BCUT2D eigenvalue weighted by Gasteiger charge is -2.33. The van der Waals surface area contributed by atoms with Gasteiger partial charge >= 0.3 is 0 Å². The monoisotopic (exact) mass is 383 g/mol. The third-order valence-electron chi connectivity index (χ3n) is 4.77. The number of hydrogen-bond donors (Lipinski definition) is 2. The van der Waals surface area contributed by atoms with E-state index >= 15 is 0 Å². The lowest BCUT2D eigenvalue weighted by Crippen LogP contribution is -2.45. The molecule has 148 valence electrons. The zero-order chi connectivity index (χ0) is 19.5. The van der Waals surface area contributed by atoms with Gasteiger partial charge in [0.15, 0.2) is 11.5 Å². The minimum absolute atomic E-state index is 0.0340. The van der Waals surface area contributed by atoms with Crippen LogP contribution >= 0.6 is 0 Å². The number of rotatable bonds is 5. The van der Waals surface area contributed by atoms with Gasteiger partial charge in [0.25, 0.3) is 5.91 Å². The number of nitrogens with zero attached hydrogens (tertiary/aromatic N) is 3. The maximum Gasteiger partial charge on any atom is 0.257 e. The summed E-state index contributed by atoms with van der Waals surface area (Å²) in [4.78, 5) is 23.2. The van der Waals surface area contributed by atoms with Crippen molar-refractivity contribution in [2.75, 3.05) is 30.5 Å². The van der Waals surface area contributed by atoms with Gasteiger partial charge in [-0.3, -0.25) is 4.79 Å². The van der Waals surface area contributed by atoms with Crippen LogP contribution in [0.15, 0.2) is 30.6 Å². The molecule has 2 aliphatic heterocycles. The van der Waals surface area contributed by atoms with Crippen molar-refractivity contribution < 1.29 is 14.3 Å². The summed E-state index contributed by atoms with van der Waals surface area (Å²) in [6, 6.07) is 6.24. The van der Waals surface area contributed by atoms with Gasteiger partial charge in [0.05, 0.1) is 5.56 Å². The van der Waals surface area contributed by atoms with Crippen molar-refractivity contribution in [3.05, 3.63) is 36.2 Å². The van der Waals surface area contributed by atoms with Gasteiger partial charge in [-0.05, 0) is 38.8 Å². The summed E-state index contributed by atoms with van der Waals surface area (Å²) < 4.78 is 10.8. The molecule has 2 aromatic rings. The molecular formula is C20H25N5O3. The van der Waals surface area contributed by atoms with Crippen molar-refractivity contribution in [3.63, 3.8) is 0 Å². The number of aromatic nitrogens is 2. The molecule has 8 heteroatoms. The molecule has 1 amide bonds. The smallest absolute Gasteiger partial charge is 0.257 e. The summed E-state index contributed by atoms with van der Waals surface area (Å²) in [5.41, 5.74) is 1.48. The third kappa shape index (κ3) is 4.11. The fourth-order valence-electron chi connectivity index (χ4n) is 3.46. The summed E-state index contributed by atoms with van der Waals surface area (Å²) >= 11 is 0. The van der Waals surface area contributed by atoms with Crippen molar-refractivity contribution in [1.82, 2.24) is 14.9 Å². The minimum atomic E-state index is -0.0340. The Morgan fingerprint density at radius 3 is 2.79 bits per heavy atom. The molecule has 8 nitrogen and oxygen atoms in total. The average molecular weight is 383 g/mol. The zero-order valence-corrected chi connectivity index (χ0v) is 16.1. The van der Waals surface area contributed by atoms with Gasteiger partial charge in [-0.2, -0.15) is 0 Å². The molecule has 0 spiro atoms. The van der Waals surface area contributed by atoms with Crippen LogP contribution in [0.4, 0.5) is 11.6 Å². The van der Waals surface area contributed by atoms with Crippen LogP contribution < -0.4 is 20.1 Å². The molecule has 4 rings (SSSR count). The predicted octanol–water partition coefficient (Wildman–Crippen LogP) is 2.74. The third-order valence-corrected chi connectivity index (χ3v) is 4.77. The maximum atomic E-state index is 12.8. The molecule has 3 heterocycles. The van der Waals surface area contributed by atoms with Crippen LogP contribution in [0.2, 0.25) is 0 Å². The fourth-order valence-corrected chi connectivity index (χ4v) is 3.46. The molecule has 0 saturated carbocycles. The van der Waals surface area contributed by atoms with Crippen LogP contribution in [0.25, 0.3) is 0 Å². The molecular weight excluding hydrogens is 358 g/mol. The highest BCUT2D eigenvalue weighted by molar-refractivity contribution is 5.93. The molecule has 1 aromatic heterocycles. The van der Waals surface area contributed by atoms with E-state index in [0.29, 0.717) is 18.1 Å². The van der Waals surface area contributed by atoms with E-state index in [1.54, 1.807) is 12.4 Å². The second kappa shape index (κ2) is 7.92. The van der Waals surface area contributed by atoms with Crippen molar-refractivity contribution in [2.24, 2.45) is 0 Å². The first-order valence-electron chi connectivity index (χ1n) is 9.62. The Bertz CT molecular complexity index is 840. The Hall–Kier alpha value is -3.03. The number of amides is 1. The summed E-state index contributed by atoms with van der Waals surface area (Å²) in [6.45, 7) is 5.67. The van der Waals surface area contributed by atoms with Crippen LogP contribution in [-0.4, -0.2) is 52.7 Å². The molecule has 0 radical (unpaired) electrons. The quantitative estimate of drug-likeness (QED) is 0.821. The average Bonchev–Trinajstić information content (AvgIpc) is 3.16. The van der Waals surface area contributed by atoms with E-state index in [9.17, 15) is 4.79 Å². The summed E-state index contributed by atoms with van der Waals surface area (Å²) in [6.07, 6.45) is 5.14. The molecule has 0 aliphatic carbocycles. The maximum absolute atomic E-state index is 12.8. The normalized spacial score (nSPS) is 18.2. The number of carbonyl (C=O) groups excluding carboxylic acids is 1. The first kappa shape index (κ1) is 18.3. The molecule has 2 aliphatic rings. The van der Waals surface area contributed by atoms with E-state index in [1.807, 2.05) is 36.9 Å². The summed E-state index contributed by atoms with van der Waals surface area (Å²) in [5.74, 6) is 2.02. The van der Waals surface area contributed by atoms with Crippen molar-refractivity contribution in [2.45, 2.75) is 38.8 Å². The lowest BCUT2D eigenvalue weighted by atomic mass is 10.0. The van der Waals surface area contributed by atoms with Gasteiger partial charge in [0, 0.05) is 49.3 Å². The van der Waals surface area contributed by atoms with Crippen molar-refractivity contribution >= 4 is 17.5 Å². The van der Waals surface area contributed by atoms with E-state index < -0.39 is 0 Å². The second-order valence-electron chi connectivity index (χ2n) is 7.40. The van der Waals surface area contributed by atoms with Gasteiger partial charge in [0.2, 0.25) is 12.7 Å². The Morgan fingerprint density at radius 1 is 1.21 bits per heavy atom. The number of fused-ring (bicyclic) bond motifs is 1. The standard InChI is InChI=1S/C20H25N5O3/c1-13(2)23-20-21-9-14(10-22-20)19(26)25-7-3-4-16(11-25)24-15-5-6-17-18(8-15)28-12-27-17/h5-6,8-10,13,16,24H,3-4,7,11-12H2,1-2H3,(H,21,22,23). The molecule has 0 bridgehead atoms. The molecule has 1 fully saturated rings. The predicted molar refractivity (Wildman–Crippen MR) is 106 cm³/mol. The van der Waals surface area contributed by atoms with Crippen LogP contribution in [-0.2, 0) is 0 Å². The van der Waals surface area contributed by atoms with Gasteiger partial charge in [0.1, 0.15) is 0 Å². The van der Waals surface area contributed by atoms with Gasteiger partial charge in [-0.25, -0.2) is 9.97 Å². The largest absolute Gasteiger partial charge is 0.454 e. The first-order chi connectivity index (χ1) is 13.6. The molecule has 1 atom stereocenters. The first-order valence-corrected chi connectivity index (χ1v) is 9.62. The number of ether oxygens (including phenoxy) is 2. The Morgan fingerprint density at radius 2 is 2.00 bits per heavy atom. The number of piperidine rings is 1. The second-order valence-corrected chi connectivity index (χ2v) is 7.40. The number of likely N-dealkylation sites (tertiary alicyclic amines) is 1. The highest BCUT2D eigenvalue weighted by Gasteiger charge is 2.25. The van der Waals surface area contributed by atoms with E-state index in [4.69, 9.17) is 9.47 Å². The molecule has 1 aromatic carbocycles. The Kier molecular flexibility index (Phi) is 5.18. The number of carbonyl (C=O) groups is 1. The summed E-state index contributed by atoms with van der Waals surface area (Å²) in [5, 5.41) is 6.63. The number of hydrogen-bond acceptors (Lipinski definition) is 7.